The summed E-state index contributed by atoms with van der Waals surface area (Å²) in [4.78, 5) is 15.5. The zero-order valence-electron chi connectivity index (χ0n) is 15.6. The Kier molecular flexibility index (Phi) is 5.79. The zero-order chi connectivity index (χ0) is 20.1. The van der Waals surface area contributed by atoms with E-state index >= 15 is 0 Å². The fourth-order valence-corrected chi connectivity index (χ4v) is 3.89. The highest BCUT2D eigenvalue weighted by molar-refractivity contribution is 7.91. The SMILES string of the molecule is CC(=O)NCc1nc(-c2ccccc2NS(=O)(=O)Cc2ccccc2)oc1C. The van der Waals surface area contributed by atoms with Crippen LogP contribution in [-0.4, -0.2) is 19.3 Å². The lowest BCUT2D eigenvalue weighted by molar-refractivity contribution is -0.119. The van der Waals surface area contributed by atoms with Gasteiger partial charge in [0.05, 0.1) is 23.5 Å². The Morgan fingerprint density at radius 2 is 1.75 bits per heavy atom. The number of anilines is 1. The van der Waals surface area contributed by atoms with Gasteiger partial charge in [0, 0.05) is 6.92 Å². The van der Waals surface area contributed by atoms with Crippen LogP contribution < -0.4 is 10.0 Å². The zero-order valence-corrected chi connectivity index (χ0v) is 16.4. The van der Waals surface area contributed by atoms with Gasteiger partial charge in [0.25, 0.3) is 0 Å². The van der Waals surface area contributed by atoms with Crippen molar-refractivity contribution in [3.05, 3.63) is 71.6 Å². The number of nitrogens with zero attached hydrogens (tertiary/aromatic N) is 1. The first kappa shape index (κ1) is 19.6. The Hall–Kier alpha value is -3.13. The lowest BCUT2D eigenvalue weighted by Gasteiger charge is -2.11. The normalized spacial score (nSPS) is 11.2. The topological polar surface area (TPSA) is 101 Å². The van der Waals surface area contributed by atoms with Crippen molar-refractivity contribution in [1.82, 2.24) is 10.3 Å². The molecule has 0 aliphatic heterocycles. The largest absolute Gasteiger partial charge is 0.441 e. The summed E-state index contributed by atoms with van der Waals surface area (Å²) in [6, 6.07) is 15.8. The summed E-state index contributed by atoms with van der Waals surface area (Å²) in [6.07, 6.45) is 0. The van der Waals surface area contributed by atoms with Crippen LogP contribution in [0.2, 0.25) is 0 Å². The molecule has 0 unspecified atom stereocenters. The summed E-state index contributed by atoms with van der Waals surface area (Å²) in [7, 11) is -3.62. The molecule has 0 bridgehead atoms. The number of aromatic nitrogens is 1. The fourth-order valence-electron chi connectivity index (χ4n) is 2.67. The molecule has 0 fully saturated rings. The van der Waals surface area contributed by atoms with Gasteiger partial charge in [-0.2, -0.15) is 0 Å². The Morgan fingerprint density at radius 1 is 1.07 bits per heavy atom. The molecule has 1 heterocycles. The molecule has 7 nitrogen and oxygen atoms in total. The number of nitrogens with one attached hydrogen (secondary N) is 2. The number of hydrogen-bond donors (Lipinski definition) is 2. The minimum atomic E-state index is -3.62. The summed E-state index contributed by atoms with van der Waals surface area (Å²) >= 11 is 0. The van der Waals surface area contributed by atoms with Crippen LogP contribution in [0.25, 0.3) is 11.5 Å². The van der Waals surface area contributed by atoms with E-state index in [1.807, 2.05) is 6.07 Å². The van der Waals surface area contributed by atoms with E-state index in [1.54, 1.807) is 55.5 Å². The summed E-state index contributed by atoms with van der Waals surface area (Å²) in [5.41, 5.74) is 2.19. The van der Waals surface area contributed by atoms with Gasteiger partial charge in [0.15, 0.2) is 0 Å². The molecule has 0 saturated carbocycles. The molecule has 2 aromatic carbocycles. The maximum absolute atomic E-state index is 12.6. The van der Waals surface area contributed by atoms with Crippen molar-refractivity contribution < 1.29 is 17.6 Å². The maximum atomic E-state index is 12.6. The number of aryl methyl sites for hydroxylation is 1. The minimum Gasteiger partial charge on any atom is -0.441 e. The van der Waals surface area contributed by atoms with Crippen LogP contribution in [0, 0.1) is 6.92 Å². The van der Waals surface area contributed by atoms with Gasteiger partial charge in [-0.1, -0.05) is 42.5 Å². The van der Waals surface area contributed by atoms with Crippen LogP contribution in [0.15, 0.2) is 59.0 Å². The molecule has 146 valence electrons. The number of benzene rings is 2. The second-order valence-corrected chi connectivity index (χ2v) is 8.05. The number of carbonyl (C=O) groups excluding carboxylic acids is 1. The molecule has 8 heteroatoms. The molecule has 0 spiro atoms. The molecule has 3 aromatic rings. The minimum absolute atomic E-state index is 0.138. The highest BCUT2D eigenvalue weighted by Gasteiger charge is 2.18. The second kappa shape index (κ2) is 8.26. The Balaban J connectivity index is 1.85. The molecule has 28 heavy (non-hydrogen) atoms. The van der Waals surface area contributed by atoms with Gasteiger partial charge >= 0.3 is 0 Å². The number of para-hydroxylation sites is 1. The quantitative estimate of drug-likeness (QED) is 0.635. The number of amides is 1. The number of rotatable bonds is 7. The van der Waals surface area contributed by atoms with Gasteiger partial charge in [-0.3, -0.25) is 9.52 Å². The molecule has 2 N–H and O–H groups in total. The molecule has 0 aliphatic rings. The smallest absolute Gasteiger partial charge is 0.236 e. The van der Waals surface area contributed by atoms with E-state index in [0.29, 0.717) is 28.3 Å². The van der Waals surface area contributed by atoms with Crippen molar-refractivity contribution in [3.8, 4) is 11.5 Å². The van der Waals surface area contributed by atoms with Gasteiger partial charge < -0.3 is 9.73 Å². The van der Waals surface area contributed by atoms with Crippen molar-refractivity contribution >= 4 is 21.6 Å². The molecule has 0 aliphatic carbocycles. The number of sulfonamides is 1. The van der Waals surface area contributed by atoms with Crippen molar-refractivity contribution in [1.29, 1.82) is 0 Å². The number of oxazole rings is 1. The predicted molar refractivity (Wildman–Crippen MR) is 107 cm³/mol. The van der Waals surface area contributed by atoms with Crippen molar-refractivity contribution in [2.24, 2.45) is 0 Å². The first-order chi connectivity index (χ1) is 13.3. The van der Waals surface area contributed by atoms with Crippen LogP contribution >= 0.6 is 0 Å². The standard InChI is InChI=1S/C20H21N3O4S/c1-14-19(12-21-15(2)24)22-20(27-14)17-10-6-7-11-18(17)23-28(25,26)13-16-8-4-3-5-9-16/h3-11,23H,12-13H2,1-2H3,(H,21,24). The summed E-state index contributed by atoms with van der Waals surface area (Å²) in [5, 5.41) is 2.67. The van der Waals surface area contributed by atoms with Crippen LogP contribution in [0.3, 0.4) is 0 Å². The van der Waals surface area contributed by atoms with Crippen LogP contribution in [-0.2, 0) is 27.1 Å². The number of carbonyl (C=O) groups is 1. The second-order valence-electron chi connectivity index (χ2n) is 6.32. The van der Waals surface area contributed by atoms with Gasteiger partial charge in [0.1, 0.15) is 11.5 Å². The number of hydrogen-bond acceptors (Lipinski definition) is 5. The Morgan fingerprint density at radius 3 is 2.46 bits per heavy atom. The third kappa shape index (κ3) is 4.98. The summed E-state index contributed by atoms with van der Waals surface area (Å²) in [5.74, 6) is 0.542. The van der Waals surface area contributed by atoms with E-state index in [-0.39, 0.29) is 24.1 Å². The van der Waals surface area contributed by atoms with Crippen molar-refractivity contribution in [3.63, 3.8) is 0 Å². The average molecular weight is 399 g/mol. The van der Waals surface area contributed by atoms with Gasteiger partial charge in [-0.25, -0.2) is 13.4 Å². The first-order valence-corrected chi connectivity index (χ1v) is 10.3. The highest BCUT2D eigenvalue weighted by atomic mass is 32.2. The molecule has 0 saturated heterocycles. The first-order valence-electron chi connectivity index (χ1n) is 8.68. The highest BCUT2D eigenvalue weighted by Crippen LogP contribution is 2.30. The van der Waals surface area contributed by atoms with Crippen molar-refractivity contribution in [2.45, 2.75) is 26.1 Å². The van der Waals surface area contributed by atoms with E-state index in [4.69, 9.17) is 4.42 Å². The third-order valence-corrected chi connectivity index (χ3v) is 5.26. The van der Waals surface area contributed by atoms with E-state index < -0.39 is 10.0 Å². The fraction of sp³-hybridized carbons (Fsp3) is 0.200. The van der Waals surface area contributed by atoms with E-state index in [9.17, 15) is 13.2 Å². The van der Waals surface area contributed by atoms with Crippen LogP contribution in [0.5, 0.6) is 0 Å². The van der Waals surface area contributed by atoms with E-state index in [2.05, 4.69) is 15.0 Å². The third-order valence-electron chi connectivity index (χ3n) is 4.02. The average Bonchev–Trinajstić information content (AvgIpc) is 3.01. The Labute approximate surface area is 163 Å². The lowest BCUT2D eigenvalue weighted by Crippen LogP contribution is -2.19. The summed E-state index contributed by atoms with van der Waals surface area (Å²) < 4.78 is 33.5. The van der Waals surface area contributed by atoms with Gasteiger partial charge in [-0.15, -0.1) is 0 Å². The van der Waals surface area contributed by atoms with E-state index in [1.165, 1.54) is 6.92 Å². The molecular weight excluding hydrogens is 378 g/mol. The van der Waals surface area contributed by atoms with Gasteiger partial charge in [0.2, 0.25) is 21.8 Å². The molecular formula is C20H21N3O4S. The monoisotopic (exact) mass is 399 g/mol. The lowest BCUT2D eigenvalue weighted by atomic mass is 10.2. The molecule has 0 atom stereocenters. The van der Waals surface area contributed by atoms with Crippen LogP contribution in [0.1, 0.15) is 23.9 Å². The summed E-state index contributed by atoms with van der Waals surface area (Å²) in [6.45, 7) is 3.41. The maximum Gasteiger partial charge on any atom is 0.236 e. The molecule has 0 radical (unpaired) electrons. The predicted octanol–water partition coefficient (Wildman–Crippen LogP) is 3.23. The van der Waals surface area contributed by atoms with E-state index in [0.717, 1.165) is 0 Å². The van der Waals surface area contributed by atoms with Crippen LogP contribution in [0.4, 0.5) is 5.69 Å². The molecule has 1 amide bonds. The molecule has 1 aromatic heterocycles. The molecule has 3 rings (SSSR count). The Bertz CT molecular complexity index is 1080. The van der Waals surface area contributed by atoms with Crippen molar-refractivity contribution in [2.75, 3.05) is 4.72 Å². The van der Waals surface area contributed by atoms with Gasteiger partial charge in [-0.05, 0) is 24.6 Å².